The zero-order valence-corrected chi connectivity index (χ0v) is 6.50. The van der Waals surface area contributed by atoms with Crippen molar-refractivity contribution in [1.82, 2.24) is 0 Å². The van der Waals surface area contributed by atoms with Crippen LogP contribution in [0.3, 0.4) is 0 Å². The fraction of sp³-hybridized carbons (Fsp3) is 1.00. The highest BCUT2D eigenvalue weighted by molar-refractivity contribution is 4.93. The van der Waals surface area contributed by atoms with Crippen molar-refractivity contribution in [1.29, 1.82) is 0 Å². The van der Waals surface area contributed by atoms with Gasteiger partial charge in [0, 0.05) is 0 Å². The van der Waals surface area contributed by atoms with Gasteiger partial charge in [-0.2, -0.15) is 0 Å². The van der Waals surface area contributed by atoms with E-state index in [0.717, 1.165) is 0 Å². The van der Waals surface area contributed by atoms with Gasteiger partial charge in [0.05, 0.1) is 18.7 Å². The molecule has 6 nitrogen and oxygen atoms in total. The molecule has 1 aliphatic heterocycles. The van der Waals surface area contributed by atoms with Crippen molar-refractivity contribution >= 4 is 0 Å². The van der Waals surface area contributed by atoms with E-state index in [-0.39, 0.29) is 6.61 Å². The van der Waals surface area contributed by atoms with Crippen LogP contribution in [0.25, 0.3) is 0 Å². The smallest absolute Gasteiger partial charge is 0.182 e. The molecule has 1 fully saturated rings. The van der Waals surface area contributed by atoms with Gasteiger partial charge >= 0.3 is 0 Å². The number of ether oxygens (including phenoxy) is 1. The molecule has 0 aromatic carbocycles. The van der Waals surface area contributed by atoms with Crippen LogP contribution in [0.4, 0.5) is 0 Å². The summed E-state index contributed by atoms with van der Waals surface area (Å²) >= 11 is 0. The second-order valence-corrected chi connectivity index (χ2v) is 2.89. The Labute approximate surface area is 69.7 Å². The van der Waals surface area contributed by atoms with E-state index in [2.05, 4.69) is 0 Å². The summed E-state index contributed by atoms with van der Waals surface area (Å²) in [5, 5.41) is 26.9. The Morgan fingerprint density at radius 1 is 1.17 bits per heavy atom. The maximum absolute atomic E-state index is 9.17. The Morgan fingerprint density at radius 2 is 1.75 bits per heavy atom. The minimum atomic E-state index is -1.36. The van der Waals surface area contributed by atoms with Crippen LogP contribution in [0.2, 0.25) is 0 Å². The van der Waals surface area contributed by atoms with Crippen molar-refractivity contribution in [2.45, 2.75) is 30.6 Å². The molecule has 6 heteroatoms. The lowest BCUT2D eigenvalue weighted by Gasteiger charge is -2.39. The quantitative estimate of drug-likeness (QED) is 0.287. The van der Waals surface area contributed by atoms with Crippen LogP contribution in [-0.2, 0) is 4.74 Å². The number of hydrogen-bond donors (Lipinski definition) is 5. The van der Waals surface area contributed by atoms with Gasteiger partial charge in [0.15, 0.2) is 6.29 Å². The highest BCUT2D eigenvalue weighted by Gasteiger charge is 2.40. The van der Waals surface area contributed by atoms with Gasteiger partial charge in [-0.05, 0) is 0 Å². The van der Waals surface area contributed by atoms with Crippen molar-refractivity contribution in [2.24, 2.45) is 11.5 Å². The molecule has 0 unspecified atom stereocenters. The Hall–Kier alpha value is -0.240. The molecule has 0 amide bonds. The van der Waals surface area contributed by atoms with E-state index < -0.39 is 30.6 Å². The van der Waals surface area contributed by atoms with E-state index >= 15 is 0 Å². The highest BCUT2D eigenvalue weighted by atomic mass is 16.6. The Morgan fingerprint density at radius 3 is 2.25 bits per heavy atom. The number of aliphatic hydroxyl groups is 3. The summed E-state index contributed by atoms with van der Waals surface area (Å²) in [4.78, 5) is 0. The second kappa shape index (κ2) is 3.65. The van der Waals surface area contributed by atoms with E-state index in [1.807, 2.05) is 0 Å². The van der Waals surface area contributed by atoms with Gasteiger partial charge in [-0.25, -0.2) is 0 Å². The minimum absolute atomic E-state index is 0.321. The molecule has 0 bridgehead atoms. The lowest BCUT2D eigenvalue weighted by Crippen LogP contribution is -2.65. The van der Waals surface area contributed by atoms with Crippen molar-refractivity contribution in [3.63, 3.8) is 0 Å². The molecular weight excluding hydrogens is 164 g/mol. The first-order chi connectivity index (χ1) is 5.57. The van der Waals surface area contributed by atoms with E-state index in [0.29, 0.717) is 0 Å². The summed E-state index contributed by atoms with van der Waals surface area (Å²) in [7, 11) is 0. The summed E-state index contributed by atoms with van der Waals surface area (Å²) in [5.74, 6) is 0. The topological polar surface area (TPSA) is 122 Å². The molecule has 0 aromatic rings. The molecule has 1 aliphatic rings. The number of hydrogen-bond acceptors (Lipinski definition) is 6. The normalized spacial score (nSPS) is 49.2. The van der Waals surface area contributed by atoms with Crippen molar-refractivity contribution in [3.8, 4) is 0 Å². The average Bonchev–Trinajstić information content (AvgIpc) is 2.08. The Kier molecular flexibility index (Phi) is 2.99. The maximum Gasteiger partial charge on any atom is 0.182 e. The van der Waals surface area contributed by atoms with Crippen molar-refractivity contribution in [2.75, 3.05) is 6.61 Å². The first-order valence-corrected chi connectivity index (χ1v) is 3.71. The van der Waals surface area contributed by atoms with Gasteiger partial charge in [-0.15, -0.1) is 0 Å². The van der Waals surface area contributed by atoms with Crippen molar-refractivity contribution in [3.05, 3.63) is 0 Å². The molecule has 0 aromatic heterocycles. The average molecular weight is 178 g/mol. The molecule has 12 heavy (non-hydrogen) atoms. The third-order valence-electron chi connectivity index (χ3n) is 2.05. The maximum atomic E-state index is 9.17. The molecule has 1 rings (SSSR count). The first-order valence-electron chi connectivity index (χ1n) is 3.71. The summed E-state index contributed by atoms with van der Waals surface area (Å²) in [6.45, 7) is -0.321. The predicted molar refractivity (Wildman–Crippen MR) is 39.9 cm³/mol. The molecule has 1 saturated heterocycles. The molecule has 0 saturated carbocycles. The second-order valence-electron chi connectivity index (χ2n) is 2.89. The molecular formula is C6H14N2O4. The lowest BCUT2D eigenvalue weighted by atomic mass is 9.95. The van der Waals surface area contributed by atoms with E-state index in [1.165, 1.54) is 0 Å². The van der Waals surface area contributed by atoms with Gasteiger partial charge in [-0.3, -0.25) is 0 Å². The third-order valence-corrected chi connectivity index (χ3v) is 2.05. The molecule has 0 spiro atoms. The number of aliphatic hydroxyl groups excluding tert-OH is 3. The zero-order chi connectivity index (χ0) is 9.30. The molecule has 0 radical (unpaired) electrons. The molecule has 1 heterocycles. The van der Waals surface area contributed by atoms with Crippen LogP contribution >= 0.6 is 0 Å². The standard InChI is InChI=1S/C6H14N2O4/c7-3-2(1-9)12-6(11)5(10)4(3)8/h2-6,9-11H,1,7-8H2/t2-,3-,4+,5-,6-/m1/s1. The SMILES string of the molecule is N[C@H]1[C@H](N)[C@@H](CO)O[C@@H](O)[C@@H]1O. The molecule has 0 aliphatic carbocycles. The number of rotatable bonds is 1. The van der Waals surface area contributed by atoms with Gasteiger partial charge in [0.2, 0.25) is 0 Å². The van der Waals surface area contributed by atoms with Crippen LogP contribution in [0.1, 0.15) is 0 Å². The zero-order valence-electron chi connectivity index (χ0n) is 6.50. The van der Waals surface area contributed by atoms with Crippen LogP contribution in [0, 0.1) is 0 Å². The van der Waals surface area contributed by atoms with Gasteiger partial charge in [-0.1, -0.05) is 0 Å². The molecule has 72 valence electrons. The van der Waals surface area contributed by atoms with Crippen molar-refractivity contribution < 1.29 is 20.1 Å². The summed E-state index contributed by atoms with van der Waals surface area (Å²) in [6, 6.07) is -1.43. The van der Waals surface area contributed by atoms with E-state index in [1.54, 1.807) is 0 Å². The fourth-order valence-corrected chi connectivity index (χ4v) is 1.18. The predicted octanol–water partition coefficient (Wildman–Crippen LogP) is -3.29. The summed E-state index contributed by atoms with van der Waals surface area (Å²) < 4.78 is 4.78. The third kappa shape index (κ3) is 1.58. The lowest BCUT2D eigenvalue weighted by molar-refractivity contribution is -0.232. The van der Waals surface area contributed by atoms with E-state index in [9.17, 15) is 0 Å². The van der Waals surface area contributed by atoms with Gasteiger partial charge in [0.1, 0.15) is 12.2 Å². The first kappa shape index (κ1) is 9.85. The van der Waals surface area contributed by atoms with Crippen LogP contribution in [0.5, 0.6) is 0 Å². The van der Waals surface area contributed by atoms with Gasteiger partial charge in [0.25, 0.3) is 0 Å². The highest BCUT2D eigenvalue weighted by Crippen LogP contribution is 2.16. The monoisotopic (exact) mass is 178 g/mol. The van der Waals surface area contributed by atoms with Gasteiger partial charge < -0.3 is 31.5 Å². The van der Waals surface area contributed by atoms with Crippen LogP contribution in [-0.4, -0.2) is 52.5 Å². The molecule has 7 N–H and O–H groups in total. The largest absolute Gasteiger partial charge is 0.394 e. The summed E-state index contributed by atoms with van der Waals surface area (Å²) in [5.41, 5.74) is 11.0. The fourth-order valence-electron chi connectivity index (χ4n) is 1.18. The van der Waals surface area contributed by atoms with Crippen LogP contribution < -0.4 is 11.5 Å². The summed E-state index contributed by atoms with van der Waals surface area (Å²) in [6.07, 6.45) is -3.27. The molecule has 5 atom stereocenters. The number of nitrogens with two attached hydrogens (primary N) is 2. The Balaban J connectivity index is 2.63. The van der Waals surface area contributed by atoms with E-state index in [4.69, 9.17) is 31.5 Å². The Bertz CT molecular complexity index is 152. The van der Waals surface area contributed by atoms with Crippen LogP contribution in [0.15, 0.2) is 0 Å². The minimum Gasteiger partial charge on any atom is -0.394 e.